The molecule has 0 aromatic heterocycles. The van der Waals surface area contributed by atoms with Crippen molar-refractivity contribution >= 4 is 31.4 Å². The average Bonchev–Trinajstić information content (AvgIpc) is 3.01. The molecule has 13 heteroatoms. The SMILES string of the molecule is CS(=O)(=O)c1ccc(N2CCC(CCO)C2)c(/C(N)=N/N=N)c1S(N)(=O)=O. The van der Waals surface area contributed by atoms with Gasteiger partial charge in [0.05, 0.1) is 10.5 Å². The summed E-state index contributed by atoms with van der Waals surface area (Å²) in [7, 11) is -8.44. The van der Waals surface area contributed by atoms with Gasteiger partial charge in [0.1, 0.15) is 4.90 Å². The number of aliphatic hydroxyl groups is 1. The van der Waals surface area contributed by atoms with Crippen LogP contribution in [0.3, 0.4) is 0 Å². The molecule has 0 saturated carbocycles. The summed E-state index contributed by atoms with van der Waals surface area (Å²) in [6.45, 7) is 1.09. The third-order valence-electron chi connectivity index (χ3n) is 4.36. The van der Waals surface area contributed by atoms with Crippen molar-refractivity contribution in [1.82, 2.24) is 0 Å². The largest absolute Gasteiger partial charge is 0.396 e. The Morgan fingerprint density at radius 1 is 1.37 bits per heavy atom. The highest BCUT2D eigenvalue weighted by Gasteiger charge is 2.32. The first-order valence-corrected chi connectivity index (χ1v) is 11.4. The van der Waals surface area contributed by atoms with Crippen LogP contribution in [0.5, 0.6) is 0 Å². The Morgan fingerprint density at radius 3 is 2.56 bits per heavy atom. The monoisotopic (exact) mass is 418 g/mol. The quantitative estimate of drug-likeness (QED) is 0.200. The average molecular weight is 419 g/mol. The third-order valence-corrected chi connectivity index (χ3v) is 6.62. The molecule has 0 spiro atoms. The van der Waals surface area contributed by atoms with E-state index in [0.29, 0.717) is 25.2 Å². The molecule has 1 aromatic rings. The van der Waals surface area contributed by atoms with Gasteiger partial charge in [0.25, 0.3) is 0 Å². The second kappa shape index (κ2) is 7.88. The van der Waals surface area contributed by atoms with E-state index in [4.69, 9.17) is 21.5 Å². The minimum absolute atomic E-state index is 0.0299. The summed E-state index contributed by atoms with van der Waals surface area (Å²) in [6.07, 6.45) is 2.20. The van der Waals surface area contributed by atoms with E-state index in [9.17, 15) is 16.8 Å². The second-order valence-electron chi connectivity index (χ2n) is 6.30. The van der Waals surface area contributed by atoms with E-state index < -0.39 is 35.5 Å². The molecular formula is C14H22N6O5S2. The van der Waals surface area contributed by atoms with Gasteiger partial charge >= 0.3 is 0 Å². The van der Waals surface area contributed by atoms with Gasteiger partial charge < -0.3 is 15.7 Å². The lowest BCUT2D eigenvalue weighted by atomic mass is 10.1. The molecule has 1 atom stereocenters. The molecule has 150 valence electrons. The van der Waals surface area contributed by atoms with Crippen LogP contribution in [0.15, 0.2) is 32.2 Å². The van der Waals surface area contributed by atoms with Gasteiger partial charge in [-0.25, -0.2) is 22.0 Å². The summed E-state index contributed by atoms with van der Waals surface area (Å²) in [5.74, 6) is -0.241. The number of sulfone groups is 1. The fourth-order valence-electron chi connectivity index (χ4n) is 3.21. The molecule has 1 saturated heterocycles. The van der Waals surface area contributed by atoms with E-state index in [1.165, 1.54) is 12.1 Å². The first kappa shape index (κ1) is 21.2. The lowest BCUT2D eigenvalue weighted by Gasteiger charge is -2.24. The van der Waals surface area contributed by atoms with Crippen LogP contribution < -0.4 is 15.8 Å². The van der Waals surface area contributed by atoms with Crippen molar-refractivity contribution in [3.05, 3.63) is 17.7 Å². The predicted octanol–water partition coefficient (Wildman–Crippen LogP) is -0.403. The summed E-state index contributed by atoms with van der Waals surface area (Å²) in [5, 5.41) is 20.6. The number of hydrogen-bond donors (Lipinski definition) is 4. The van der Waals surface area contributed by atoms with E-state index in [0.717, 1.165) is 12.7 Å². The number of nitrogens with zero attached hydrogens (tertiary/aromatic N) is 3. The Labute approximate surface area is 157 Å². The molecule has 1 fully saturated rings. The second-order valence-corrected chi connectivity index (χ2v) is 9.78. The molecule has 1 aromatic carbocycles. The highest BCUT2D eigenvalue weighted by atomic mass is 32.2. The van der Waals surface area contributed by atoms with Gasteiger partial charge in [-0.1, -0.05) is 5.22 Å². The Kier molecular flexibility index (Phi) is 6.19. The fourth-order valence-corrected chi connectivity index (χ4v) is 5.61. The van der Waals surface area contributed by atoms with Crippen LogP contribution in [0.4, 0.5) is 5.69 Å². The smallest absolute Gasteiger partial charge is 0.240 e. The molecular weight excluding hydrogens is 396 g/mol. The molecule has 0 bridgehead atoms. The summed E-state index contributed by atoms with van der Waals surface area (Å²) < 4.78 is 48.7. The topological polar surface area (TPSA) is 192 Å². The maximum Gasteiger partial charge on any atom is 0.240 e. The zero-order valence-electron chi connectivity index (χ0n) is 14.7. The molecule has 2 rings (SSSR count). The van der Waals surface area contributed by atoms with Crippen LogP contribution in [0.25, 0.3) is 0 Å². The predicted molar refractivity (Wildman–Crippen MR) is 98.8 cm³/mol. The van der Waals surface area contributed by atoms with Crippen LogP contribution in [0.2, 0.25) is 0 Å². The van der Waals surface area contributed by atoms with Gasteiger partial charge in [-0.05, 0) is 30.9 Å². The van der Waals surface area contributed by atoms with Crippen LogP contribution in [-0.2, 0) is 19.9 Å². The Bertz CT molecular complexity index is 974. The van der Waals surface area contributed by atoms with E-state index in [1.807, 2.05) is 4.90 Å². The van der Waals surface area contributed by atoms with E-state index in [2.05, 4.69) is 10.3 Å². The van der Waals surface area contributed by atoms with Crippen LogP contribution in [0, 0.1) is 11.4 Å². The first-order chi connectivity index (χ1) is 12.5. The molecule has 0 amide bonds. The third kappa shape index (κ3) is 4.61. The normalized spacial score (nSPS) is 18.7. The van der Waals surface area contributed by atoms with Gasteiger partial charge in [-0.3, -0.25) is 0 Å². The van der Waals surface area contributed by atoms with Crippen molar-refractivity contribution in [3.63, 3.8) is 0 Å². The van der Waals surface area contributed by atoms with Crippen LogP contribution in [-0.4, -0.2) is 53.7 Å². The summed E-state index contributed by atoms with van der Waals surface area (Å²) in [6, 6.07) is 2.60. The zero-order chi connectivity index (χ0) is 20.4. The summed E-state index contributed by atoms with van der Waals surface area (Å²) in [4.78, 5) is 0.652. The zero-order valence-corrected chi connectivity index (χ0v) is 16.3. The van der Waals surface area contributed by atoms with Crippen LogP contribution >= 0.6 is 0 Å². The highest BCUT2D eigenvalue weighted by Crippen LogP contribution is 2.35. The van der Waals surface area contributed by atoms with Gasteiger partial charge in [-0.15, -0.1) is 5.10 Å². The highest BCUT2D eigenvalue weighted by molar-refractivity contribution is 7.93. The Balaban J connectivity index is 2.79. The maximum absolute atomic E-state index is 12.2. The number of benzene rings is 1. The number of rotatable bonds is 7. The first-order valence-electron chi connectivity index (χ1n) is 7.96. The molecule has 1 heterocycles. The maximum atomic E-state index is 12.2. The standard InChI is InChI=1S/C14H22N6O5S2/c1-26(22,23)11-3-2-10(20-6-4-9(8-20)5-7-21)12(14(15)18-19-16)13(11)27(17,24)25/h2-3,9,21H,4-8H2,1H3,(H3,15,16,18)(H2,17,24,25). The molecule has 6 N–H and O–H groups in total. The lowest BCUT2D eigenvalue weighted by molar-refractivity contribution is 0.263. The molecule has 1 unspecified atom stereocenters. The number of hydrogen-bond acceptors (Lipinski definition) is 8. The van der Waals surface area contributed by atoms with Crippen molar-refractivity contribution in [1.29, 1.82) is 5.53 Å². The summed E-state index contributed by atoms with van der Waals surface area (Å²) in [5.41, 5.74) is 12.8. The molecule has 1 aliphatic heterocycles. The summed E-state index contributed by atoms with van der Waals surface area (Å²) >= 11 is 0. The van der Waals surface area contributed by atoms with Gasteiger partial charge in [0.15, 0.2) is 15.7 Å². The number of nitrogens with two attached hydrogens (primary N) is 2. The minimum atomic E-state index is -4.50. The van der Waals surface area contributed by atoms with Gasteiger partial charge in [0.2, 0.25) is 10.0 Å². The fraction of sp³-hybridized carbons (Fsp3) is 0.500. The molecule has 27 heavy (non-hydrogen) atoms. The van der Waals surface area contributed by atoms with Crippen molar-refractivity contribution in [3.8, 4) is 0 Å². The molecule has 1 aliphatic rings. The lowest BCUT2D eigenvalue weighted by Crippen LogP contribution is -2.29. The van der Waals surface area contributed by atoms with E-state index in [-0.39, 0.29) is 18.1 Å². The number of aliphatic hydroxyl groups excluding tert-OH is 1. The minimum Gasteiger partial charge on any atom is -0.396 e. The Hall–Kier alpha value is -2.09. The van der Waals surface area contributed by atoms with Crippen LogP contribution in [0.1, 0.15) is 18.4 Å². The van der Waals surface area contributed by atoms with Gasteiger partial charge in [0, 0.05) is 31.6 Å². The van der Waals surface area contributed by atoms with Crippen molar-refractivity contribution in [2.45, 2.75) is 22.6 Å². The molecule has 11 nitrogen and oxygen atoms in total. The van der Waals surface area contributed by atoms with Crippen molar-refractivity contribution in [2.24, 2.45) is 27.1 Å². The van der Waals surface area contributed by atoms with Gasteiger partial charge in [-0.2, -0.15) is 5.53 Å². The van der Waals surface area contributed by atoms with Crippen molar-refractivity contribution < 1.29 is 21.9 Å². The molecule has 0 aliphatic carbocycles. The Morgan fingerprint density at radius 2 is 2.04 bits per heavy atom. The number of anilines is 1. The van der Waals surface area contributed by atoms with E-state index >= 15 is 0 Å². The number of nitrogens with one attached hydrogen (secondary N) is 1. The van der Waals surface area contributed by atoms with E-state index in [1.54, 1.807) is 0 Å². The number of sulfonamides is 1. The number of primary sulfonamides is 1. The molecule has 0 radical (unpaired) electrons. The number of amidine groups is 1. The van der Waals surface area contributed by atoms with Crippen molar-refractivity contribution in [2.75, 3.05) is 30.9 Å².